The van der Waals surface area contributed by atoms with Gasteiger partial charge in [0.25, 0.3) is 0 Å². The highest BCUT2D eigenvalue weighted by molar-refractivity contribution is 4.71. The van der Waals surface area contributed by atoms with E-state index in [0.29, 0.717) is 6.04 Å². The van der Waals surface area contributed by atoms with Crippen molar-refractivity contribution in [1.29, 1.82) is 0 Å². The maximum atomic E-state index is 5.72. The lowest BCUT2D eigenvalue weighted by Crippen LogP contribution is -2.37. The molecule has 14 heavy (non-hydrogen) atoms. The Morgan fingerprint density at radius 1 is 1.43 bits per heavy atom. The van der Waals surface area contributed by atoms with Crippen LogP contribution in [-0.4, -0.2) is 25.8 Å². The molecule has 0 aromatic rings. The molecule has 2 nitrogen and oxygen atoms in total. The molecule has 1 aliphatic rings. The number of rotatable bonds is 6. The summed E-state index contributed by atoms with van der Waals surface area (Å²) in [5.74, 6) is 0.726. The van der Waals surface area contributed by atoms with Crippen LogP contribution in [0.2, 0.25) is 0 Å². The predicted molar refractivity (Wildman–Crippen MR) is 60.5 cm³/mol. The highest BCUT2D eigenvalue weighted by atomic mass is 16.5. The molecule has 1 aliphatic heterocycles. The fourth-order valence-corrected chi connectivity index (χ4v) is 2.05. The van der Waals surface area contributed by atoms with Gasteiger partial charge in [0.1, 0.15) is 0 Å². The van der Waals surface area contributed by atoms with Crippen LogP contribution in [0.15, 0.2) is 0 Å². The van der Waals surface area contributed by atoms with Gasteiger partial charge in [-0.15, -0.1) is 0 Å². The zero-order valence-corrected chi connectivity index (χ0v) is 9.72. The van der Waals surface area contributed by atoms with Crippen LogP contribution in [-0.2, 0) is 4.74 Å². The van der Waals surface area contributed by atoms with Crippen molar-refractivity contribution in [2.45, 2.75) is 52.0 Å². The third-order valence-electron chi connectivity index (χ3n) is 2.92. The van der Waals surface area contributed by atoms with E-state index in [2.05, 4.69) is 19.2 Å². The number of hydrogen-bond donors (Lipinski definition) is 1. The fraction of sp³-hybridized carbons (Fsp3) is 1.00. The summed E-state index contributed by atoms with van der Waals surface area (Å²) < 4.78 is 5.72. The molecule has 0 bridgehead atoms. The van der Waals surface area contributed by atoms with E-state index >= 15 is 0 Å². The highest BCUT2D eigenvalue weighted by Crippen LogP contribution is 2.09. The van der Waals surface area contributed by atoms with Gasteiger partial charge in [-0.3, -0.25) is 0 Å². The van der Waals surface area contributed by atoms with Gasteiger partial charge in [0.2, 0.25) is 0 Å². The minimum Gasteiger partial charge on any atom is -0.380 e. The Hall–Kier alpha value is -0.0800. The summed E-state index contributed by atoms with van der Waals surface area (Å²) in [5.41, 5.74) is 0. The molecule has 1 saturated heterocycles. The molecule has 0 spiro atoms. The molecule has 0 radical (unpaired) electrons. The number of piperidine rings is 1. The second-order valence-corrected chi connectivity index (χ2v) is 4.58. The maximum absolute atomic E-state index is 5.72. The molecular weight excluding hydrogens is 174 g/mol. The standard InChI is InChI=1S/C12H25NO/c1-3-6-11(2)9-14-10-12-7-4-5-8-13-12/h11-13H,3-10H2,1-2H3. The average Bonchev–Trinajstić information content (AvgIpc) is 2.20. The summed E-state index contributed by atoms with van der Waals surface area (Å²) in [4.78, 5) is 0. The van der Waals surface area contributed by atoms with Crippen molar-refractivity contribution in [1.82, 2.24) is 5.32 Å². The monoisotopic (exact) mass is 199 g/mol. The zero-order chi connectivity index (χ0) is 10.2. The predicted octanol–water partition coefficient (Wildman–Crippen LogP) is 2.58. The van der Waals surface area contributed by atoms with Crippen LogP contribution >= 0.6 is 0 Å². The fourth-order valence-electron chi connectivity index (χ4n) is 2.05. The molecule has 0 saturated carbocycles. The summed E-state index contributed by atoms with van der Waals surface area (Å²) in [6.45, 7) is 7.54. The van der Waals surface area contributed by atoms with Crippen LogP contribution in [0.1, 0.15) is 46.0 Å². The van der Waals surface area contributed by atoms with E-state index in [0.717, 1.165) is 19.1 Å². The lowest BCUT2D eigenvalue weighted by atomic mass is 10.1. The molecule has 1 fully saturated rings. The third-order valence-corrected chi connectivity index (χ3v) is 2.92. The van der Waals surface area contributed by atoms with Crippen LogP contribution in [0, 0.1) is 5.92 Å². The molecule has 0 aromatic heterocycles. The van der Waals surface area contributed by atoms with E-state index in [9.17, 15) is 0 Å². The Morgan fingerprint density at radius 2 is 2.29 bits per heavy atom. The summed E-state index contributed by atoms with van der Waals surface area (Å²) in [7, 11) is 0. The molecule has 0 amide bonds. The molecule has 84 valence electrons. The maximum Gasteiger partial charge on any atom is 0.0619 e. The average molecular weight is 199 g/mol. The van der Waals surface area contributed by atoms with Gasteiger partial charge in [-0.2, -0.15) is 0 Å². The Labute approximate surface area is 88.4 Å². The normalized spacial score (nSPS) is 24.9. The molecule has 1 N–H and O–H groups in total. The molecule has 2 unspecified atom stereocenters. The molecule has 2 heteroatoms. The Kier molecular flexibility index (Phi) is 6.20. The van der Waals surface area contributed by atoms with Gasteiger partial charge in [0.05, 0.1) is 6.61 Å². The summed E-state index contributed by atoms with van der Waals surface area (Å²) in [5, 5.41) is 3.50. The van der Waals surface area contributed by atoms with Gasteiger partial charge in [-0.25, -0.2) is 0 Å². The first-order valence-electron chi connectivity index (χ1n) is 6.14. The van der Waals surface area contributed by atoms with E-state index in [4.69, 9.17) is 4.74 Å². The van der Waals surface area contributed by atoms with Crippen LogP contribution < -0.4 is 5.32 Å². The van der Waals surface area contributed by atoms with Gasteiger partial charge in [0, 0.05) is 12.6 Å². The largest absolute Gasteiger partial charge is 0.380 e. The summed E-state index contributed by atoms with van der Waals surface area (Å²) >= 11 is 0. The van der Waals surface area contributed by atoms with Gasteiger partial charge >= 0.3 is 0 Å². The molecular formula is C12H25NO. The van der Waals surface area contributed by atoms with Crippen molar-refractivity contribution >= 4 is 0 Å². The minimum atomic E-state index is 0.623. The first kappa shape index (κ1) is 12.0. The summed E-state index contributed by atoms with van der Waals surface area (Å²) in [6.07, 6.45) is 6.56. The van der Waals surface area contributed by atoms with Crippen molar-refractivity contribution in [3.63, 3.8) is 0 Å². The number of nitrogens with one attached hydrogen (secondary N) is 1. The van der Waals surface area contributed by atoms with Crippen molar-refractivity contribution in [2.24, 2.45) is 5.92 Å². The number of ether oxygens (including phenoxy) is 1. The van der Waals surface area contributed by atoms with Gasteiger partial charge < -0.3 is 10.1 Å². The SMILES string of the molecule is CCCC(C)COCC1CCCCN1. The molecule has 0 aromatic carbocycles. The first-order valence-corrected chi connectivity index (χ1v) is 6.14. The minimum absolute atomic E-state index is 0.623. The van der Waals surface area contributed by atoms with Crippen molar-refractivity contribution in [3.05, 3.63) is 0 Å². The molecule has 1 rings (SSSR count). The lowest BCUT2D eigenvalue weighted by molar-refractivity contribution is 0.0772. The van der Waals surface area contributed by atoms with Gasteiger partial charge in [-0.05, 0) is 31.7 Å². The Balaban J connectivity index is 1.96. The van der Waals surface area contributed by atoms with Gasteiger partial charge in [-0.1, -0.05) is 26.7 Å². The zero-order valence-electron chi connectivity index (χ0n) is 9.72. The van der Waals surface area contributed by atoms with Crippen LogP contribution in [0.3, 0.4) is 0 Å². The Morgan fingerprint density at radius 3 is 2.93 bits per heavy atom. The van der Waals surface area contributed by atoms with Crippen molar-refractivity contribution < 1.29 is 4.74 Å². The molecule has 0 aliphatic carbocycles. The quantitative estimate of drug-likeness (QED) is 0.710. The van der Waals surface area contributed by atoms with E-state index in [1.54, 1.807) is 0 Å². The van der Waals surface area contributed by atoms with E-state index < -0.39 is 0 Å². The second-order valence-electron chi connectivity index (χ2n) is 4.58. The number of hydrogen-bond acceptors (Lipinski definition) is 2. The molecule has 1 heterocycles. The topological polar surface area (TPSA) is 21.3 Å². The smallest absolute Gasteiger partial charge is 0.0619 e. The van der Waals surface area contributed by atoms with E-state index in [1.165, 1.54) is 38.6 Å². The third kappa shape index (κ3) is 4.97. The van der Waals surface area contributed by atoms with Crippen LogP contribution in [0.25, 0.3) is 0 Å². The van der Waals surface area contributed by atoms with Crippen molar-refractivity contribution in [3.8, 4) is 0 Å². The second kappa shape index (κ2) is 7.24. The highest BCUT2D eigenvalue weighted by Gasteiger charge is 2.12. The molecule has 2 atom stereocenters. The van der Waals surface area contributed by atoms with Crippen LogP contribution in [0.4, 0.5) is 0 Å². The summed E-state index contributed by atoms with van der Waals surface area (Å²) in [6, 6.07) is 0.623. The Bertz CT molecular complexity index is 132. The van der Waals surface area contributed by atoms with Gasteiger partial charge in [0.15, 0.2) is 0 Å². The first-order chi connectivity index (χ1) is 6.83. The van der Waals surface area contributed by atoms with E-state index in [1.807, 2.05) is 0 Å². The lowest BCUT2D eigenvalue weighted by Gasteiger charge is -2.23. The van der Waals surface area contributed by atoms with Crippen molar-refractivity contribution in [2.75, 3.05) is 19.8 Å². The van der Waals surface area contributed by atoms with E-state index in [-0.39, 0.29) is 0 Å². The van der Waals surface area contributed by atoms with Crippen LogP contribution in [0.5, 0.6) is 0 Å².